The van der Waals surface area contributed by atoms with Crippen LogP contribution >= 0.6 is 0 Å². The second-order valence-corrected chi connectivity index (χ2v) is 6.42. The Hall–Kier alpha value is -2.08. The van der Waals surface area contributed by atoms with Gasteiger partial charge in [0.25, 0.3) is 0 Å². The average molecular weight is 335 g/mol. The van der Waals surface area contributed by atoms with Crippen molar-refractivity contribution in [1.82, 2.24) is 5.32 Å². The number of benzene rings is 1. The number of ether oxygens (including phenoxy) is 2. The quantitative estimate of drug-likeness (QED) is 0.759. The maximum atomic E-state index is 12.0. The van der Waals surface area contributed by atoms with Crippen LogP contribution in [-0.2, 0) is 20.7 Å². The highest BCUT2D eigenvalue weighted by molar-refractivity contribution is 5.82. The summed E-state index contributed by atoms with van der Waals surface area (Å²) >= 11 is 0. The highest BCUT2D eigenvalue weighted by Gasteiger charge is 2.34. The van der Waals surface area contributed by atoms with E-state index in [1.54, 1.807) is 0 Å². The molecule has 1 saturated heterocycles. The van der Waals surface area contributed by atoms with Gasteiger partial charge in [-0.15, -0.1) is 0 Å². The predicted molar refractivity (Wildman–Crippen MR) is 89.0 cm³/mol. The van der Waals surface area contributed by atoms with Gasteiger partial charge in [-0.25, -0.2) is 4.79 Å². The number of hydrogen-bond acceptors (Lipinski definition) is 4. The van der Waals surface area contributed by atoms with Crippen molar-refractivity contribution in [2.45, 2.75) is 45.3 Å². The van der Waals surface area contributed by atoms with E-state index >= 15 is 0 Å². The zero-order valence-electron chi connectivity index (χ0n) is 14.2. The molecule has 0 spiro atoms. The first-order valence-electron chi connectivity index (χ1n) is 8.33. The number of hydrogen-bond donors (Lipinski definition) is 2. The molecule has 0 radical (unpaired) electrons. The Bertz CT molecular complexity index is 555. The van der Waals surface area contributed by atoms with Gasteiger partial charge < -0.3 is 19.9 Å². The molecule has 0 unspecified atom stereocenters. The fourth-order valence-corrected chi connectivity index (χ4v) is 2.47. The maximum absolute atomic E-state index is 12.0. The zero-order chi connectivity index (χ0) is 17.5. The molecule has 24 heavy (non-hydrogen) atoms. The molecule has 0 saturated carbocycles. The molecule has 1 heterocycles. The summed E-state index contributed by atoms with van der Waals surface area (Å²) in [5, 5.41) is 11.7. The van der Waals surface area contributed by atoms with E-state index in [2.05, 4.69) is 19.2 Å². The van der Waals surface area contributed by atoms with Gasteiger partial charge in [0.15, 0.2) is 6.10 Å². The molecule has 1 aromatic carbocycles. The van der Waals surface area contributed by atoms with E-state index in [1.807, 2.05) is 24.3 Å². The van der Waals surface area contributed by atoms with Gasteiger partial charge in [-0.3, -0.25) is 4.79 Å². The summed E-state index contributed by atoms with van der Waals surface area (Å²) in [6, 6.07) is 7.82. The van der Waals surface area contributed by atoms with Crippen molar-refractivity contribution in [3.63, 3.8) is 0 Å². The first-order valence-corrected chi connectivity index (χ1v) is 8.33. The molecule has 1 aromatic rings. The predicted octanol–water partition coefficient (Wildman–Crippen LogP) is 2.01. The van der Waals surface area contributed by atoms with E-state index in [4.69, 9.17) is 14.6 Å². The Labute approximate surface area is 142 Å². The topological polar surface area (TPSA) is 84.9 Å². The second kappa shape index (κ2) is 8.68. The fraction of sp³-hybridized carbons (Fsp3) is 0.556. The molecule has 132 valence electrons. The van der Waals surface area contributed by atoms with Gasteiger partial charge in [-0.05, 0) is 42.9 Å². The van der Waals surface area contributed by atoms with Crippen molar-refractivity contribution in [2.24, 2.45) is 5.92 Å². The van der Waals surface area contributed by atoms with Crippen molar-refractivity contribution in [2.75, 3.05) is 13.2 Å². The van der Waals surface area contributed by atoms with E-state index < -0.39 is 18.2 Å². The minimum Gasteiger partial charge on any atom is -0.493 e. The van der Waals surface area contributed by atoms with E-state index in [0.29, 0.717) is 38.3 Å². The van der Waals surface area contributed by atoms with Crippen LogP contribution in [0.1, 0.15) is 32.3 Å². The number of rotatable bonds is 8. The summed E-state index contributed by atoms with van der Waals surface area (Å²) in [6.45, 7) is 5.38. The lowest BCUT2D eigenvalue weighted by Crippen LogP contribution is -2.36. The summed E-state index contributed by atoms with van der Waals surface area (Å²) in [6.07, 6.45) is 0.0124. The third kappa shape index (κ3) is 5.53. The Balaban J connectivity index is 1.70. The third-order valence-corrected chi connectivity index (χ3v) is 3.81. The number of nitrogens with one attached hydrogen (secondary N) is 1. The van der Waals surface area contributed by atoms with E-state index in [9.17, 15) is 9.59 Å². The monoisotopic (exact) mass is 335 g/mol. The smallest absolute Gasteiger partial charge is 0.332 e. The van der Waals surface area contributed by atoms with Gasteiger partial charge in [0.1, 0.15) is 11.9 Å². The SMILES string of the molecule is CC(C)COc1ccc(CCNC(=O)[C@@H]2CC[C@H](C(=O)O)O2)cc1. The van der Waals surface area contributed by atoms with Crippen LogP contribution in [0, 0.1) is 5.92 Å². The van der Waals surface area contributed by atoms with Crippen LogP contribution in [0.3, 0.4) is 0 Å². The zero-order valence-corrected chi connectivity index (χ0v) is 14.2. The number of carboxylic acids is 1. The van der Waals surface area contributed by atoms with Gasteiger partial charge in [-0.2, -0.15) is 0 Å². The number of carbonyl (C=O) groups excluding carboxylic acids is 1. The molecule has 0 aromatic heterocycles. The van der Waals surface area contributed by atoms with Crippen molar-refractivity contribution in [3.8, 4) is 5.75 Å². The molecule has 1 fully saturated rings. The molecule has 0 bridgehead atoms. The van der Waals surface area contributed by atoms with Gasteiger partial charge >= 0.3 is 5.97 Å². The first-order chi connectivity index (χ1) is 11.5. The van der Waals surface area contributed by atoms with Crippen LogP contribution in [0.25, 0.3) is 0 Å². The van der Waals surface area contributed by atoms with Crippen molar-refractivity contribution < 1.29 is 24.2 Å². The molecule has 1 amide bonds. The molecule has 1 aliphatic heterocycles. The molecule has 0 aliphatic carbocycles. The van der Waals surface area contributed by atoms with Crippen LogP contribution in [0.5, 0.6) is 5.75 Å². The molecule has 1 aliphatic rings. The van der Waals surface area contributed by atoms with Crippen molar-refractivity contribution in [3.05, 3.63) is 29.8 Å². The third-order valence-electron chi connectivity index (χ3n) is 3.81. The summed E-state index contributed by atoms with van der Waals surface area (Å²) in [5.74, 6) is 0.0784. The Morgan fingerprint density at radius 3 is 2.50 bits per heavy atom. The van der Waals surface area contributed by atoms with E-state index in [1.165, 1.54) is 0 Å². The normalized spacial score (nSPS) is 20.1. The largest absolute Gasteiger partial charge is 0.493 e. The fourth-order valence-electron chi connectivity index (χ4n) is 2.47. The molecule has 6 nitrogen and oxygen atoms in total. The van der Waals surface area contributed by atoms with Crippen LogP contribution in [0.15, 0.2) is 24.3 Å². The molecule has 2 rings (SSSR count). The van der Waals surface area contributed by atoms with Crippen LogP contribution in [-0.4, -0.2) is 42.3 Å². The lowest BCUT2D eigenvalue weighted by atomic mass is 10.1. The van der Waals surface area contributed by atoms with Crippen molar-refractivity contribution >= 4 is 11.9 Å². The second-order valence-electron chi connectivity index (χ2n) is 6.42. The van der Waals surface area contributed by atoms with Crippen LogP contribution < -0.4 is 10.1 Å². The number of amides is 1. The van der Waals surface area contributed by atoms with Gasteiger partial charge in [-0.1, -0.05) is 26.0 Å². The van der Waals surface area contributed by atoms with Gasteiger partial charge in [0.2, 0.25) is 5.91 Å². The Kier molecular flexibility index (Phi) is 6.61. The van der Waals surface area contributed by atoms with Crippen LogP contribution in [0.2, 0.25) is 0 Å². The Morgan fingerprint density at radius 1 is 1.25 bits per heavy atom. The summed E-state index contributed by atoms with van der Waals surface area (Å²) in [5.41, 5.74) is 1.10. The van der Waals surface area contributed by atoms with Gasteiger partial charge in [0.05, 0.1) is 6.61 Å². The number of carboxylic acid groups (broad SMARTS) is 1. The van der Waals surface area contributed by atoms with E-state index in [0.717, 1.165) is 11.3 Å². The minimum absolute atomic E-state index is 0.240. The lowest BCUT2D eigenvalue weighted by Gasteiger charge is -2.12. The standard InChI is InChI=1S/C18H25NO5/c1-12(2)11-23-14-5-3-13(4-6-14)9-10-19-17(20)15-7-8-16(24-15)18(21)22/h3-6,12,15-16H,7-11H2,1-2H3,(H,19,20)(H,21,22)/t15-,16+/m0/s1. The number of carbonyl (C=O) groups is 2. The summed E-state index contributed by atoms with van der Waals surface area (Å²) < 4.78 is 10.8. The summed E-state index contributed by atoms with van der Waals surface area (Å²) in [7, 11) is 0. The highest BCUT2D eigenvalue weighted by atomic mass is 16.5. The molecule has 2 N–H and O–H groups in total. The summed E-state index contributed by atoms with van der Waals surface area (Å²) in [4.78, 5) is 22.8. The minimum atomic E-state index is -1.01. The molecule has 6 heteroatoms. The average Bonchev–Trinajstić information content (AvgIpc) is 3.04. The van der Waals surface area contributed by atoms with Crippen LogP contribution in [0.4, 0.5) is 0 Å². The lowest BCUT2D eigenvalue weighted by molar-refractivity contribution is -0.151. The number of aliphatic carboxylic acids is 1. The highest BCUT2D eigenvalue weighted by Crippen LogP contribution is 2.20. The molecular weight excluding hydrogens is 310 g/mol. The van der Waals surface area contributed by atoms with Crippen molar-refractivity contribution in [1.29, 1.82) is 0 Å². The van der Waals surface area contributed by atoms with E-state index in [-0.39, 0.29) is 5.91 Å². The maximum Gasteiger partial charge on any atom is 0.332 e. The van der Waals surface area contributed by atoms with Gasteiger partial charge in [0, 0.05) is 6.54 Å². The molecular formula is C18H25NO5. The first kappa shape index (κ1) is 18.3. The Morgan fingerprint density at radius 2 is 1.92 bits per heavy atom. The molecule has 2 atom stereocenters.